The number of esters is 1. The van der Waals surface area contributed by atoms with Crippen molar-refractivity contribution >= 4 is 17.7 Å². The average molecular weight is 439 g/mol. The highest BCUT2D eigenvalue weighted by Gasteiger charge is 2.37. The third-order valence-electron chi connectivity index (χ3n) is 6.72. The van der Waals surface area contributed by atoms with Gasteiger partial charge in [-0.05, 0) is 76.6 Å². The number of benzene rings is 1. The molecule has 4 rings (SSSR count). The quantitative estimate of drug-likeness (QED) is 0.691. The number of para-hydroxylation sites is 1. The highest BCUT2D eigenvalue weighted by molar-refractivity contribution is 6.02. The van der Waals surface area contributed by atoms with Crippen LogP contribution in [0.2, 0.25) is 0 Å². The van der Waals surface area contributed by atoms with E-state index in [2.05, 4.69) is 12.2 Å². The molecule has 1 aromatic heterocycles. The molecule has 1 aliphatic heterocycles. The second kappa shape index (κ2) is 10.3. The van der Waals surface area contributed by atoms with Crippen LogP contribution in [0, 0.1) is 11.8 Å². The van der Waals surface area contributed by atoms with Crippen LogP contribution in [0.15, 0.2) is 36.5 Å². The molecule has 1 amide bonds. The van der Waals surface area contributed by atoms with Gasteiger partial charge in [-0.25, -0.2) is 9.48 Å². The van der Waals surface area contributed by atoms with Crippen molar-refractivity contribution in [3.63, 3.8) is 0 Å². The Bertz CT molecular complexity index is 913. The van der Waals surface area contributed by atoms with Crippen LogP contribution in [0.1, 0.15) is 62.7 Å². The fraction of sp³-hybridized carbons (Fsp3) is 0.560. The van der Waals surface area contributed by atoms with E-state index in [4.69, 9.17) is 9.84 Å². The lowest BCUT2D eigenvalue weighted by molar-refractivity contribution is -0.124. The molecule has 0 atom stereocenters. The molecule has 2 aromatic rings. The number of rotatable bonds is 6. The Balaban J connectivity index is 1.75. The number of anilines is 1. The van der Waals surface area contributed by atoms with Gasteiger partial charge in [0.05, 0.1) is 12.3 Å². The first kappa shape index (κ1) is 22.5. The molecule has 7 nitrogen and oxygen atoms in total. The first-order chi connectivity index (χ1) is 15.6. The minimum atomic E-state index is -0.436. The Morgan fingerprint density at radius 3 is 2.44 bits per heavy atom. The second-order valence-corrected chi connectivity index (χ2v) is 9.01. The lowest BCUT2D eigenvalue weighted by Crippen LogP contribution is -2.49. The molecule has 7 heteroatoms. The van der Waals surface area contributed by atoms with Crippen molar-refractivity contribution < 1.29 is 14.3 Å². The van der Waals surface area contributed by atoms with E-state index >= 15 is 0 Å². The van der Waals surface area contributed by atoms with Gasteiger partial charge in [0, 0.05) is 18.2 Å². The first-order valence-electron chi connectivity index (χ1n) is 11.9. The van der Waals surface area contributed by atoms with Crippen LogP contribution in [0.25, 0.3) is 5.69 Å². The van der Waals surface area contributed by atoms with Crippen LogP contribution < -0.4 is 10.2 Å². The van der Waals surface area contributed by atoms with Gasteiger partial charge in [-0.3, -0.25) is 9.69 Å². The average Bonchev–Trinajstić information content (AvgIpc) is 3.26. The first-order valence-corrected chi connectivity index (χ1v) is 11.9. The topological polar surface area (TPSA) is 76.5 Å². The Kier molecular flexibility index (Phi) is 7.25. The van der Waals surface area contributed by atoms with Crippen molar-refractivity contribution in [2.75, 3.05) is 24.6 Å². The molecule has 2 aliphatic rings. The number of amides is 1. The summed E-state index contributed by atoms with van der Waals surface area (Å²) in [5.41, 5.74) is 1.19. The Hall–Kier alpha value is -2.67. The number of nitrogens with zero attached hydrogens (tertiary/aromatic N) is 3. The molecule has 0 radical (unpaired) electrons. The largest absolute Gasteiger partial charge is 0.462 e. The van der Waals surface area contributed by atoms with Crippen LogP contribution in [0.5, 0.6) is 0 Å². The molecular formula is C25H34N4O3. The minimum Gasteiger partial charge on any atom is -0.462 e. The molecule has 2 heterocycles. The van der Waals surface area contributed by atoms with E-state index in [9.17, 15) is 9.59 Å². The molecule has 1 saturated heterocycles. The third kappa shape index (κ3) is 4.88. The lowest BCUT2D eigenvalue weighted by Gasteiger charge is -2.37. The molecule has 1 N–H and O–H groups in total. The summed E-state index contributed by atoms with van der Waals surface area (Å²) in [4.78, 5) is 28.6. The zero-order valence-corrected chi connectivity index (χ0v) is 19.1. The molecule has 0 bridgehead atoms. The van der Waals surface area contributed by atoms with Crippen LogP contribution in [-0.4, -0.2) is 47.4 Å². The molecule has 172 valence electrons. The van der Waals surface area contributed by atoms with Gasteiger partial charge in [0.15, 0.2) is 5.82 Å². The van der Waals surface area contributed by atoms with Crippen LogP contribution in [0.4, 0.5) is 5.82 Å². The summed E-state index contributed by atoms with van der Waals surface area (Å²) in [7, 11) is 0. The van der Waals surface area contributed by atoms with Gasteiger partial charge in [0.1, 0.15) is 5.56 Å². The van der Waals surface area contributed by atoms with E-state index in [0.29, 0.717) is 17.3 Å². The summed E-state index contributed by atoms with van der Waals surface area (Å²) < 4.78 is 7.04. The maximum Gasteiger partial charge on any atom is 0.343 e. The number of carbonyl (C=O) groups excluding carboxylic acids is 2. The van der Waals surface area contributed by atoms with Gasteiger partial charge in [-0.2, -0.15) is 0 Å². The number of hydrogen-bond donors (Lipinski definition) is 1. The second-order valence-electron chi connectivity index (χ2n) is 9.01. The third-order valence-corrected chi connectivity index (χ3v) is 6.72. The number of hydrogen-bond acceptors (Lipinski definition) is 5. The summed E-state index contributed by atoms with van der Waals surface area (Å²) >= 11 is 0. The van der Waals surface area contributed by atoms with E-state index in [0.717, 1.165) is 57.3 Å². The van der Waals surface area contributed by atoms with Crippen molar-refractivity contribution in [3.8, 4) is 5.69 Å². The SMILES string of the molecule is CCOC(=O)c1cn(-c2ccccc2)nc1N(C(=O)C1CCC(C)CC1)C1CCNCC1. The molecule has 0 spiro atoms. The molecule has 1 saturated carbocycles. The normalized spacial score (nSPS) is 21.8. The highest BCUT2D eigenvalue weighted by atomic mass is 16.5. The smallest absolute Gasteiger partial charge is 0.343 e. The molecule has 1 aromatic carbocycles. The maximum absolute atomic E-state index is 13.9. The van der Waals surface area contributed by atoms with Gasteiger partial charge < -0.3 is 10.1 Å². The van der Waals surface area contributed by atoms with Crippen molar-refractivity contribution in [3.05, 3.63) is 42.1 Å². The van der Waals surface area contributed by atoms with Crippen molar-refractivity contribution in [2.45, 2.75) is 58.4 Å². The van der Waals surface area contributed by atoms with E-state index in [1.54, 1.807) is 17.8 Å². The van der Waals surface area contributed by atoms with Crippen LogP contribution >= 0.6 is 0 Å². The maximum atomic E-state index is 13.9. The number of aromatic nitrogens is 2. The molecular weight excluding hydrogens is 404 g/mol. The van der Waals surface area contributed by atoms with Gasteiger partial charge >= 0.3 is 5.97 Å². The van der Waals surface area contributed by atoms with Crippen LogP contribution in [0.3, 0.4) is 0 Å². The predicted octanol–water partition coefficient (Wildman–Crippen LogP) is 3.96. The van der Waals surface area contributed by atoms with Crippen molar-refractivity contribution in [1.29, 1.82) is 0 Å². The Labute approximate surface area is 190 Å². The van der Waals surface area contributed by atoms with E-state index in [1.807, 2.05) is 35.2 Å². The Morgan fingerprint density at radius 1 is 1.09 bits per heavy atom. The van der Waals surface area contributed by atoms with E-state index < -0.39 is 5.97 Å². The standard InChI is InChI=1S/C25H34N4O3/c1-3-32-25(31)22-17-28(20-7-5-4-6-8-20)27-23(22)29(21-13-15-26-16-14-21)24(30)19-11-9-18(2)10-12-19/h4-8,17-19,21,26H,3,9-16H2,1-2H3. The molecule has 32 heavy (non-hydrogen) atoms. The van der Waals surface area contributed by atoms with Crippen molar-refractivity contribution in [2.24, 2.45) is 11.8 Å². The lowest BCUT2D eigenvalue weighted by atomic mass is 9.82. The van der Waals surface area contributed by atoms with E-state index in [1.165, 1.54) is 0 Å². The summed E-state index contributed by atoms with van der Waals surface area (Å²) in [6.45, 7) is 6.02. The fourth-order valence-corrected chi connectivity index (χ4v) is 4.83. The number of carbonyl (C=O) groups is 2. The number of piperidine rings is 1. The summed E-state index contributed by atoms with van der Waals surface area (Å²) in [6, 6.07) is 9.69. The van der Waals surface area contributed by atoms with Gasteiger partial charge in [0.2, 0.25) is 5.91 Å². The fourth-order valence-electron chi connectivity index (χ4n) is 4.83. The zero-order chi connectivity index (χ0) is 22.5. The van der Waals surface area contributed by atoms with Gasteiger partial charge in [-0.15, -0.1) is 5.10 Å². The Morgan fingerprint density at radius 2 is 1.78 bits per heavy atom. The molecule has 2 fully saturated rings. The van der Waals surface area contributed by atoms with Gasteiger partial charge in [-0.1, -0.05) is 25.1 Å². The summed E-state index contributed by atoms with van der Waals surface area (Å²) in [6.07, 6.45) is 7.32. The van der Waals surface area contributed by atoms with E-state index in [-0.39, 0.29) is 24.5 Å². The number of nitrogens with one attached hydrogen (secondary N) is 1. The number of ether oxygens (including phenoxy) is 1. The van der Waals surface area contributed by atoms with Crippen LogP contribution in [-0.2, 0) is 9.53 Å². The summed E-state index contributed by atoms with van der Waals surface area (Å²) in [5.74, 6) is 0.751. The molecule has 0 unspecified atom stereocenters. The van der Waals surface area contributed by atoms with Crippen molar-refractivity contribution in [1.82, 2.24) is 15.1 Å². The molecule has 1 aliphatic carbocycles. The summed E-state index contributed by atoms with van der Waals surface area (Å²) in [5, 5.41) is 8.17. The highest BCUT2D eigenvalue weighted by Crippen LogP contribution is 2.34. The zero-order valence-electron chi connectivity index (χ0n) is 19.1. The predicted molar refractivity (Wildman–Crippen MR) is 124 cm³/mol. The monoisotopic (exact) mass is 438 g/mol. The van der Waals surface area contributed by atoms with Gasteiger partial charge in [0.25, 0.3) is 0 Å². The minimum absolute atomic E-state index is 0.0157.